The molecule has 0 saturated heterocycles. The second-order valence-electron chi connectivity index (χ2n) is 7.79. The highest BCUT2D eigenvalue weighted by Crippen LogP contribution is 2.42. The summed E-state index contributed by atoms with van der Waals surface area (Å²) in [6.45, 7) is 0.502. The van der Waals surface area contributed by atoms with Crippen molar-refractivity contribution in [2.75, 3.05) is 13.7 Å². The highest BCUT2D eigenvalue weighted by Gasteiger charge is 2.31. The minimum Gasteiger partial charge on any atom is -0.481 e. The van der Waals surface area contributed by atoms with Crippen LogP contribution in [0.3, 0.4) is 0 Å². The van der Waals surface area contributed by atoms with Crippen LogP contribution < -0.4 is 10.5 Å². The second kappa shape index (κ2) is 9.30. The third kappa shape index (κ3) is 4.42. The summed E-state index contributed by atoms with van der Waals surface area (Å²) in [6.07, 6.45) is 3.53. The molecule has 1 unspecified atom stereocenters. The Kier molecular flexibility index (Phi) is 6.50. The molecule has 3 aromatic rings. The van der Waals surface area contributed by atoms with Crippen molar-refractivity contribution in [2.45, 2.75) is 38.1 Å². The first-order valence-corrected chi connectivity index (χ1v) is 11.4. The number of carbonyl (C=O) groups is 2. The SMILES string of the molecule is COC(=O)COc1cccc2c1c1c(n2Cc2cccc(I)c2)CCCCC1C(N)=O. The molecule has 4 rings (SSSR count). The van der Waals surface area contributed by atoms with Gasteiger partial charge in [0.2, 0.25) is 5.91 Å². The van der Waals surface area contributed by atoms with Gasteiger partial charge in [-0.05, 0) is 77.2 Å². The van der Waals surface area contributed by atoms with Gasteiger partial charge in [-0.2, -0.15) is 0 Å². The van der Waals surface area contributed by atoms with E-state index in [2.05, 4.69) is 51.4 Å². The average Bonchev–Trinajstić information content (AvgIpc) is 2.91. The molecule has 7 heteroatoms. The maximum atomic E-state index is 12.4. The molecule has 1 aliphatic rings. The van der Waals surface area contributed by atoms with Crippen LogP contribution in [-0.2, 0) is 27.3 Å². The normalized spacial score (nSPS) is 15.9. The van der Waals surface area contributed by atoms with E-state index in [1.54, 1.807) is 0 Å². The van der Waals surface area contributed by atoms with E-state index < -0.39 is 5.97 Å². The van der Waals surface area contributed by atoms with Gasteiger partial charge in [-0.15, -0.1) is 0 Å². The van der Waals surface area contributed by atoms with Gasteiger partial charge < -0.3 is 19.8 Å². The van der Waals surface area contributed by atoms with Crippen LogP contribution in [-0.4, -0.2) is 30.2 Å². The molecule has 1 aromatic heterocycles. The van der Waals surface area contributed by atoms with Gasteiger partial charge >= 0.3 is 5.97 Å². The molecule has 162 valence electrons. The van der Waals surface area contributed by atoms with Gasteiger partial charge in [0, 0.05) is 21.2 Å². The van der Waals surface area contributed by atoms with Crippen LogP contribution in [0.2, 0.25) is 0 Å². The molecular weight excluding hydrogens is 507 g/mol. The summed E-state index contributed by atoms with van der Waals surface area (Å²) in [5, 5.41) is 0.873. The molecule has 1 amide bonds. The fraction of sp³-hybridized carbons (Fsp3) is 0.333. The number of fused-ring (bicyclic) bond motifs is 3. The number of nitrogens with two attached hydrogens (primary N) is 1. The lowest BCUT2D eigenvalue weighted by atomic mass is 9.92. The van der Waals surface area contributed by atoms with E-state index in [0.717, 1.165) is 47.8 Å². The van der Waals surface area contributed by atoms with Crippen molar-refractivity contribution >= 4 is 45.4 Å². The number of aromatic nitrogens is 1. The summed E-state index contributed by atoms with van der Waals surface area (Å²) in [6, 6.07) is 14.2. The van der Waals surface area contributed by atoms with Crippen molar-refractivity contribution in [3.05, 3.63) is 62.9 Å². The molecule has 2 N–H and O–H groups in total. The zero-order valence-corrected chi connectivity index (χ0v) is 19.6. The van der Waals surface area contributed by atoms with E-state index in [1.165, 1.54) is 16.2 Å². The van der Waals surface area contributed by atoms with Crippen molar-refractivity contribution in [1.82, 2.24) is 4.57 Å². The highest BCUT2D eigenvalue weighted by atomic mass is 127. The number of hydrogen-bond donors (Lipinski definition) is 1. The Morgan fingerprint density at radius 1 is 1.19 bits per heavy atom. The third-order valence-electron chi connectivity index (χ3n) is 5.85. The van der Waals surface area contributed by atoms with E-state index in [4.69, 9.17) is 15.2 Å². The Hall–Kier alpha value is -2.55. The van der Waals surface area contributed by atoms with Crippen molar-refractivity contribution in [3.63, 3.8) is 0 Å². The van der Waals surface area contributed by atoms with Gasteiger partial charge in [0.05, 0.1) is 18.5 Å². The summed E-state index contributed by atoms with van der Waals surface area (Å²) in [7, 11) is 1.33. The fourth-order valence-electron chi connectivity index (χ4n) is 4.48. The van der Waals surface area contributed by atoms with Crippen LogP contribution in [0.5, 0.6) is 5.75 Å². The summed E-state index contributed by atoms with van der Waals surface area (Å²) in [5.41, 5.74) is 10.1. The smallest absolute Gasteiger partial charge is 0.343 e. The van der Waals surface area contributed by atoms with Crippen LogP contribution in [0.25, 0.3) is 10.9 Å². The molecule has 31 heavy (non-hydrogen) atoms. The first-order valence-electron chi connectivity index (χ1n) is 10.4. The number of nitrogens with zero attached hydrogens (tertiary/aromatic N) is 1. The predicted molar refractivity (Wildman–Crippen MR) is 127 cm³/mol. The lowest BCUT2D eigenvalue weighted by Crippen LogP contribution is -2.21. The van der Waals surface area contributed by atoms with E-state index in [0.29, 0.717) is 12.3 Å². The summed E-state index contributed by atoms with van der Waals surface area (Å²) in [5.74, 6) is -0.569. The molecule has 1 heterocycles. The number of hydrogen-bond acceptors (Lipinski definition) is 4. The summed E-state index contributed by atoms with van der Waals surface area (Å²) < 4.78 is 14.0. The van der Waals surface area contributed by atoms with Crippen LogP contribution in [0.1, 0.15) is 42.0 Å². The van der Waals surface area contributed by atoms with Gasteiger partial charge in [-0.1, -0.05) is 24.6 Å². The number of methoxy groups -OCH3 is 1. The van der Waals surface area contributed by atoms with Crippen molar-refractivity contribution in [2.24, 2.45) is 5.73 Å². The average molecular weight is 532 g/mol. The van der Waals surface area contributed by atoms with Crippen LogP contribution in [0.15, 0.2) is 42.5 Å². The number of esters is 1. The third-order valence-corrected chi connectivity index (χ3v) is 6.52. The maximum absolute atomic E-state index is 12.4. The van der Waals surface area contributed by atoms with Crippen LogP contribution >= 0.6 is 22.6 Å². The molecule has 0 radical (unpaired) electrons. The second-order valence-corrected chi connectivity index (χ2v) is 9.04. The van der Waals surface area contributed by atoms with Crippen molar-refractivity contribution < 1.29 is 19.1 Å². The maximum Gasteiger partial charge on any atom is 0.343 e. The molecule has 1 aliphatic carbocycles. The Bertz CT molecular complexity index is 1140. The number of primary amides is 1. The number of rotatable bonds is 6. The van der Waals surface area contributed by atoms with Gasteiger partial charge in [0.1, 0.15) is 5.75 Å². The number of ether oxygens (including phenoxy) is 2. The number of halogens is 1. The first kappa shape index (κ1) is 21.7. The first-order chi connectivity index (χ1) is 15.0. The van der Waals surface area contributed by atoms with Crippen LogP contribution in [0, 0.1) is 3.57 Å². The Morgan fingerprint density at radius 2 is 2.00 bits per heavy atom. The summed E-state index contributed by atoms with van der Waals surface area (Å²) >= 11 is 2.32. The topological polar surface area (TPSA) is 83.6 Å². The molecule has 0 fully saturated rings. The van der Waals surface area contributed by atoms with E-state index >= 15 is 0 Å². The molecule has 0 spiro atoms. The standard InChI is InChI=1S/C24H25IN2O4/c1-30-21(28)14-31-20-11-5-10-19-23(20)22-17(24(26)29)8-2-3-9-18(22)27(19)13-15-6-4-7-16(25)12-15/h4-7,10-12,17H,2-3,8-9,13-14H2,1H3,(H2,26,29). The van der Waals surface area contributed by atoms with Crippen molar-refractivity contribution in [3.8, 4) is 5.75 Å². The van der Waals surface area contributed by atoms with Gasteiger partial charge in [-0.25, -0.2) is 4.79 Å². The number of amides is 1. The predicted octanol–water partition coefficient (Wildman–Crippen LogP) is 4.14. The van der Waals surface area contributed by atoms with E-state index in [-0.39, 0.29) is 18.4 Å². The lowest BCUT2D eigenvalue weighted by Gasteiger charge is -2.14. The Balaban J connectivity index is 1.92. The minimum atomic E-state index is -0.451. The largest absolute Gasteiger partial charge is 0.481 e. The highest BCUT2D eigenvalue weighted by molar-refractivity contribution is 14.1. The molecule has 0 saturated carbocycles. The molecule has 0 aliphatic heterocycles. The van der Waals surface area contributed by atoms with Gasteiger partial charge in [0.15, 0.2) is 6.61 Å². The molecule has 6 nitrogen and oxygen atoms in total. The zero-order valence-electron chi connectivity index (χ0n) is 17.4. The van der Waals surface area contributed by atoms with E-state index in [9.17, 15) is 9.59 Å². The Morgan fingerprint density at radius 3 is 2.74 bits per heavy atom. The zero-order chi connectivity index (χ0) is 22.0. The fourth-order valence-corrected chi connectivity index (χ4v) is 5.09. The van der Waals surface area contributed by atoms with Gasteiger partial charge in [-0.3, -0.25) is 4.79 Å². The summed E-state index contributed by atoms with van der Waals surface area (Å²) in [4.78, 5) is 24.1. The minimum absolute atomic E-state index is 0.187. The molecule has 2 aromatic carbocycles. The quantitative estimate of drug-likeness (QED) is 0.294. The lowest BCUT2D eigenvalue weighted by molar-refractivity contribution is -0.142. The molecule has 1 atom stereocenters. The number of benzene rings is 2. The molecular formula is C24H25IN2O4. The van der Waals surface area contributed by atoms with Crippen molar-refractivity contribution in [1.29, 1.82) is 0 Å². The van der Waals surface area contributed by atoms with Gasteiger partial charge in [0.25, 0.3) is 0 Å². The monoisotopic (exact) mass is 532 g/mol. The van der Waals surface area contributed by atoms with Crippen LogP contribution in [0.4, 0.5) is 0 Å². The number of carbonyl (C=O) groups excluding carboxylic acids is 2. The Labute approximate surface area is 194 Å². The molecule has 0 bridgehead atoms. The van der Waals surface area contributed by atoms with E-state index in [1.807, 2.05) is 18.2 Å².